The molecule has 0 radical (unpaired) electrons. The third-order valence-electron chi connectivity index (χ3n) is 3.06. The van der Waals surface area contributed by atoms with Crippen LogP contribution in [0, 0.1) is 0 Å². The predicted molar refractivity (Wildman–Crippen MR) is 84.2 cm³/mol. The van der Waals surface area contributed by atoms with Gasteiger partial charge in [-0.3, -0.25) is 4.55 Å². The van der Waals surface area contributed by atoms with E-state index in [1.54, 1.807) is 6.92 Å². The maximum Gasteiger partial charge on any atom is 0.343 e. The molecule has 0 amide bonds. The van der Waals surface area contributed by atoms with Crippen LogP contribution in [0.15, 0.2) is 11.0 Å². The molecule has 0 unspecified atom stereocenters. The van der Waals surface area contributed by atoms with Crippen LogP contribution in [0.3, 0.4) is 0 Å². The molecule has 8 heteroatoms. The second-order valence-electron chi connectivity index (χ2n) is 4.89. The first-order chi connectivity index (χ1) is 10.8. The molecule has 0 fully saturated rings. The van der Waals surface area contributed by atoms with Gasteiger partial charge in [0.2, 0.25) is 0 Å². The van der Waals surface area contributed by atoms with E-state index in [0.29, 0.717) is 12.8 Å². The number of carboxylic acid groups (broad SMARTS) is 1. The van der Waals surface area contributed by atoms with Gasteiger partial charge in [-0.1, -0.05) is 20.8 Å². The van der Waals surface area contributed by atoms with Crippen molar-refractivity contribution in [2.24, 2.45) is 0 Å². The number of hydrogen-bond donors (Lipinski definition) is 2. The molecule has 0 atom stereocenters. The van der Waals surface area contributed by atoms with E-state index in [1.165, 1.54) is 0 Å². The summed E-state index contributed by atoms with van der Waals surface area (Å²) in [4.78, 5) is 11.2. The van der Waals surface area contributed by atoms with E-state index in [9.17, 15) is 22.9 Å². The van der Waals surface area contributed by atoms with E-state index in [4.69, 9.17) is 9.47 Å². The summed E-state index contributed by atoms with van der Waals surface area (Å²) in [6, 6.07) is 1.05. The lowest BCUT2D eigenvalue weighted by molar-refractivity contribution is 0.0686. The fraction of sp³-hybridized carbons (Fsp3) is 0.533. The Morgan fingerprint density at radius 1 is 1.13 bits per heavy atom. The van der Waals surface area contributed by atoms with Gasteiger partial charge in [0, 0.05) is 11.6 Å². The van der Waals surface area contributed by atoms with Crippen molar-refractivity contribution in [3.8, 4) is 11.5 Å². The van der Waals surface area contributed by atoms with Crippen LogP contribution in [0.2, 0.25) is 0 Å². The molecule has 0 saturated carbocycles. The topological polar surface area (TPSA) is 110 Å². The minimum atomic E-state index is -4.54. The van der Waals surface area contributed by atoms with Gasteiger partial charge in [0.05, 0.1) is 13.2 Å². The first-order valence-corrected chi connectivity index (χ1v) is 8.88. The molecular weight excluding hydrogens is 324 g/mol. The zero-order chi connectivity index (χ0) is 17.6. The van der Waals surface area contributed by atoms with Crippen LogP contribution in [0.5, 0.6) is 11.5 Å². The van der Waals surface area contributed by atoms with Gasteiger partial charge < -0.3 is 14.6 Å². The third-order valence-corrected chi connectivity index (χ3v) is 3.98. The Labute approximate surface area is 136 Å². The highest BCUT2D eigenvalue weighted by Crippen LogP contribution is 2.38. The van der Waals surface area contributed by atoms with Gasteiger partial charge in [-0.2, -0.15) is 8.42 Å². The lowest BCUT2D eigenvalue weighted by atomic mass is 10.0. The lowest BCUT2D eigenvalue weighted by Gasteiger charge is -2.19. The Morgan fingerprint density at radius 3 is 2.13 bits per heavy atom. The molecule has 23 heavy (non-hydrogen) atoms. The molecule has 0 aliphatic heterocycles. The van der Waals surface area contributed by atoms with Crippen molar-refractivity contribution in [1.29, 1.82) is 0 Å². The van der Waals surface area contributed by atoms with Crippen molar-refractivity contribution in [2.75, 3.05) is 13.2 Å². The van der Waals surface area contributed by atoms with Crippen molar-refractivity contribution in [3.63, 3.8) is 0 Å². The van der Waals surface area contributed by atoms with E-state index < -0.39 is 16.1 Å². The minimum absolute atomic E-state index is 0.0666. The van der Waals surface area contributed by atoms with Gasteiger partial charge in [0.15, 0.2) is 0 Å². The van der Waals surface area contributed by atoms with Crippen LogP contribution < -0.4 is 9.47 Å². The molecule has 0 saturated heterocycles. The summed E-state index contributed by atoms with van der Waals surface area (Å²) in [5, 5.41) is 9.49. The number of carbonyl (C=O) groups is 1. The number of benzene rings is 1. The highest BCUT2D eigenvalue weighted by molar-refractivity contribution is 7.85. The summed E-state index contributed by atoms with van der Waals surface area (Å²) in [7, 11) is -4.54. The van der Waals surface area contributed by atoms with Gasteiger partial charge in [0.1, 0.15) is 22.0 Å². The average Bonchev–Trinajstić information content (AvgIpc) is 2.48. The van der Waals surface area contributed by atoms with Crippen LogP contribution in [0.4, 0.5) is 0 Å². The van der Waals surface area contributed by atoms with E-state index in [0.717, 1.165) is 6.07 Å². The molecule has 0 aliphatic carbocycles. The fourth-order valence-electron chi connectivity index (χ4n) is 2.11. The fourth-order valence-corrected chi connectivity index (χ4v) is 2.91. The highest BCUT2D eigenvalue weighted by atomic mass is 32.2. The molecular formula is C15H22O7S. The molecule has 1 rings (SSSR count). The Morgan fingerprint density at radius 2 is 1.70 bits per heavy atom. The number of aromatic carboxylic acids is 1. The normalized spacial score (nSPS) is 11.3. The SMILES string of the molecule is CCCOc1cc(S(=O)(=O)O)c(CC)c(OCCC)c1C(=O)O. The molecule has 0 spiro atoms. The van der Waals surface area contributed by atoms with Gasteiger partial charge in [0.25, 0.3) is 10.1 Å². The first-order valence-electron chi connectivity index (χ1n) is 7.44. The van der Waals surface area contributed by atoms with Gasteiger partial charge in [-0.15, -0.1) is 0 Å². The second kappa shape index (κ2) is 8.16. The summed E-state index contributed by atoms with van der Waals surface area (Å²) in [6.45, 7) is 5.76. The molecule has 0 aromatic heterocycles. The highest BCUT2D eigenvalue weighted by Gasteiger charge is 2.28. The third kappa shape index (κ3) is 4.59. The molecule has 0 heterocycles. The molecule has 2 N–H and O–H groups in total. The second-order valence-corrected chi connectivity index (χ2v) is 6.28. The van der Waals surface area contributed by atoms with E-state index >= 15 is 0 Å². The number of ether oxygens (including phenoxy) is 2. The summed E-state index contributed by atoms with van der Waals surface area (Å²) in [5.41, 5.74) is -0.0988. The smallest absolute Gasteiger partial charge is 0.343 e. The standard InChI is InChI=1S/C15H22O7S/c1-4-7-21-11-9-12(23(18,19)20)10(6-3)14(22-8-5-2)13(11)15(16)17/h9H,4-8H2,1-3H3,(H,16,17)(H,18,19,20). The van der Waals surface area contributed by atoms with Gasteiger partial charge >= 0.3 is 5.97 Å². The van der Waals surface area contributed by atoms with E-state index in [2.05, 4.69) is 0 Å². The Kier molecular flexibility index (Phi) is 6.83. The van der Waals surface area contributed by atoms with E-state index in [1.807, 2.05) is 13.8 Å². The van der Waals surface area contributed by atoms with Gasteiger partial charge in [-0.05, 0) is 19.3 Å². The molecule has 130 valence electrons. The molecule has 7 nitrogen and oxygen atoms in total. The van der Waals surface area contributed by atoms with Crippen LogP contribution in [0.1, 0.15) is 49.5 Å². The molecule has 0 aliphatic rings. The molecule has 1 aromatic carbocycles. The Hall–Kier alpha value is -1.80. The maximum atomic E-state index is 11.6. The Balaban J connectivity index is 3.72. The number of rotatable bonds is 9. The zero-order valence-corrected chi connectivity index (χ0v) is 14.3. The van der Waals surface area contributed by atoms with Crippen LogP contribution in [0.25, 0.3) is 0 Å². The summed E-state index contributed by atoms with van der Waals surface area (Å²) in [6.07, 6.45) is 1.41. The average molecular weight is 346 g/mol. The van der Waals surface area contributed by atoms with E-state index in [-0.39, 0.29) is 47.2 Å². The first kappa shape index (κ1) is 19.2. The van der Waals surface area contributed by atoms with Crippen molar-refractivity contribution in [3.05, 3.63) is 17.2 Å². The number of carboxylic acids is 1. The maximum absolute atomic E-state index is 11.6. The van der Waals surface area contributed by atoms with Crippen LogP contribution >= 0.6 is 0 Å². The van der Waals surface area contributed by atoms with Crippen LogP contribution in [-0.2, 0) is 16.5 Å². The minimum Gasteiger partial charge on any atom is -0.493 e. The molecule has 1 aromatic rings. The summed E-state index contributed by atoms with van der Waals surface area (Å²) < 4.78 is 43.6. The van der Waals surface area contributed by atoms with Crippen LogP contribution in [-0.4, -0.2) is 37.3 Å². The monoisotopic (exact) mass is 346 g/mol. The summed E-state index contributed by atoms with van der Waals surface area (Å²) >= 11 is 0. The zero-order valence-electron chi connectivity index (χ0n) is 13.5. The summed E-state index contributed by atoms with van der Waals surface area (Å²) in [5.74, 6) is -1.47. The lowest BCUT2D eigenvalue weighted by Crippen LogP contribution is -2.14. The largest absolute Gasteiger partial charge is 0.493 e. The Bertz CT molecular complexity index is 665. The molecule has 0 bridgehead atoms. The van der Waals surface area contributed by atoms with Crippen molar-refractivity contribution >= 4 is 16.1 Å². The quantitative estimate of drug-likeness (QED) is 0.661. The van der Waals surface area contributed by atoms with Crippen molar-refractivity contribution in [2.45, 2.75) is 44.9 Å². The van der Waals surface area contributed by atoms with Crippen molar-refractivity contribution < 1.29 is 32.3 Å². The van der Waals surface area contributed by atoms with Crippen molar-refractivity contribution in [1.82, 2.24) is 0 Å². The predicted octanol–water partition coefficient (Wildman–Crippen LogP) is 2.77. The van der Waals surface area contributed by atoms with Gasteiger partial charge in [-0.25, -0.2) is 4.79 Å². The number of hydrogen-bond acceptors (Lipinski definition) is 5.